The van der Waals surface area contributed by atoms with Crippen LogP contribution in [0.1, 0.15) is 21.7 Å². The SMILES string of the molecule is COc1ccc(-n2nnc(C(=O)OCc3cccc(Cl)c3)c2C)cc1Cl. The summed E-state index contributed by atoms with van der Waals surface area (Å²) in [5.41, 5.74) is 2.13. The Kier molecular flexibility index (Phi) is 5.44. The second kappa shape index (κ2) is 7.76. The number of halogens is 2. The van der Waals surface area contributed by atoms with Crippen LogP contribution in [0.25, 0.3) is 5.69 Å². The minimum Gasteiger partial charge on any atom is -0.495 e. The highest BCUT2D eigenvalue weighted by Gasteiger charge is 2.19. The van der Waals surface area contributed by atoms with E-state index in [1.165, 1.54) is 11.8 Å². The molecular formula is C18H15Cl2N3O3. The molecule has 8 heteroatoms. The van der Waals surface area contributed by atoms with Crippen LogP contribution in [-0.4, -0.2) is 28.1 Å². The summed E-state index contributed by atoms with van der Waals surface area (Å²) in [5.74, 6) is -0.0114. The van der Waals surface area contributed by atoms with Gasteiger partial charge in [0.25, 0.3) is 0 Å². The fourth-order valence-electron chi connectivity index (χ4n) is 2.39. The average Bonchev–Trinajstić information content (AvgIpc) is 3.01. The first kappa shape index (κ1) is 18.2. The van der Waals surface area contributed by atoms with E-state index >= 15 is 0 Å². The number of benzene rings is 2. The number of methoxy groups -OCH3 is 1. The number of hydrogen-bond donors (Lipinski definition) is 0. The number of carbonyl (C=O) groups excluding carboxylic acids is 1. The molecule has 0 aliphatic rings. The van der Waals surface area contributed by atoms with E-state index in [-0.39, 0.29) is 12.3 Å². The lowest BCUT2D eigenvalue weighted by atomic mass is 10.2. The zero-order valence-corrected chi connectivity index (χ0v) is 15.6. The van der Waals surface area contributed by atoms with Gasteiger partial charge in [0, 0.05) is 5.02 Å². The molecule has 0 aliphatic carbocycles. The maximum Gasteiger partial charge on any atom is 0.361 e. The van der Waals surface area contributed by atoms with Gasteiger partial charge < -0.3 is 9.47 Å². The molecule has 0 aliphatic heterocycles. The highest BCUT2D eigenvalue weighted by atomic mass is 35.5. The van der Waals surface area contributed by atoms with Crippen molar-refractivity contribution in [3.05, 3.63) is 69.5 Å². The number of hydrogen-bond acceptors (Lipinski definition) is 5. The molecule has 3 rings (SSSR count). The number of esters is 1. The summed E-state index contributed by atoms with van der Waals surface area (Å²) in [5, 5.41) is 8.97. The number of nitrogens with zero attached hydrogens (tertiary/aromatic N) is 3. The van der Waals surface area contributed by atoms with Gasteiger partial charge in [0.05, 0.1) is 23.5 Å². The highest BCUT2D eigenvalue weighted by Crippen LogP contribution is 2.27. The van der Waals surface area contributed by atoms with Crippen molar-refractivity contribution in [2.75, 3.05) is 7.11 Å². The van der Waals surface area contributed by atoms with E-state index in [0.29, 0.717) is 27.2 Å². The summed E-state index contributed by atoms with van der Waals surface area (Å²) in [4.78, 5) is 12.3. The molecule has 2 aromatic carbocycles. The van der Waals surface area contributed by atoms with Crippen LogP contribution in [0, 0.1) is 6.92 Å². The Hall–Kier alpha value is -2.57. The molecule has 0 saturated heterocycles. The van der Waals surface area contributed by atoms with E-state index in [1.54, 1.807) is 43.3 Å². The zero-order valence-electron chi connectivity index (χ0n) is 14.1. The van der Waals surface area contributed by atoms with Crippen LogP contribution in [0.15, 0.2) is 42.5 Å². The maximum atomic E-state index is 12.3. The summed E-state index contributed by atoms with van der Waals surface area (Å²) in [6.07, 6.45) is 0. The van der Waals surface area contributed by atoms with Crippen LogP contribution >= 0.6 is 23.2 Å². The number of carbonyl (C=O) groups is 1. The molecule has 0 radical (unpaired) electrons. The van der Waals surface area contributed by atoms with Gasteiger partial charge in [-0.1, -0.05) is 40.5 Å². The minimum absolute atomic E-state index is 0.0973. The van der Waals surface area contributed by atoms with Gasteiger partial charge in [0.2, 0.25) is 0 Å². The normalized spacial score (nSPS) is 10.6. The van der Waals surface area contributed by atoms with Crippen molar-refractivity contribution in [3.8, 4) is 11.4 Å². The molecule has 0 fully saturated rings. The fraction of sp³-hybridized carbons (Fsp3) is 0.167. The molecular weight excluding hydrogens is 377 g/mol. The summed E-state index contributed by atoms with van der Waals surface area (Å²) in [7, 11) is 1.54. The number of ether oxygens (including phenoxy) is 2. The minimum atomic E-state index is -0.562. The van der Waals surface area contributed by atoms with Gasteiger partial charge in [-0.3, -0.25) is 0 Å². The monoisotopic (exact) mass is 391 g/mol. The number of rotatable bonds is 5. The molecule has 134 valence electrons. The van der Waals surface area contributed by atoms with Crippen LogP contribution in [0.4, 0.5) is 0 Å². The molecule has 0 unspecified atom stereocenters. The third-order valence-corrected chi connectivity index (χ3v) is 4.26. The van der Waals surface area contributed by atoms with Crippen molar-refractivity contribution in [1.29, 1.82) is 0 Å². The van der Waals surface area contributed by atoms with Gasteiger partial charge in [-0.15, -0.1) is 5.10 Å². The standard InChI is InChI=1S/C18H15Cl2N3O3/c1-11-17(18(24)26-10-12-4-3-5-13(19)8-12)21-22-23(11)14-6-7-16(25-2)15(20)9-14/h3-9H,10H2,1-2H3. The van der Waals surface area contributed by atoms with E-state index in [9.17, 15) is 4.79 Å². The summed E-state index contributed by atoms with van der Waals surface area (Å²) < 4.78 is 11.9. The van der Waals surface area contributed by atoms with Gasteiger partial charge in [0.15, 0.2) is 5.69 Å². The predicted octanol–water partition coefficient (Wildman–Crippen LogP) is 4.25. The topological polar surface area (TPSA) is 66.2 Å². The molecule has 3 aromatic rings. The molecule has 0 spiro atoms. The lowest BCUT2D eigenvalue weighted by molar-refractivity contribution is 0.0464. The van der Waals surface area contributed by atoms with Crippen LogP contribution in [-0.2, 0) is 11.3 Å². The third kappa shape index (κ3) is 3.81. The highest BCUT2D eigenvalue weighted by molar-refractivity contribution is 6.32. The summed E-state index contributed by atoms with van der Waals surface area (Å²) in [6.45, 7) is 1.83. The Morgan fingerprint density at radius 2 is 2.00 bits per heavy atom. The molecule has 0 amide bonds. The first-order valence-corrected chi connectivity index (χ1v) is 8.43. The molecule has 0 atom stereocenters. The molecule has 6 nitrogen and oxygen atoms in total. The van der Waals surface area contributed by atoms with Crippen molar-refractivity contribution in [3.63, 3.8) is 0 Å². The largest absolute Gasteiger partial charge is 0.495 e. The van der Waals surface area contributed by atoms with Crippen LogP contribution in [0.5, 0.6) is 5.75 Å². The fourth-order valence-corrected chi connectivity index (χ4v) is 2.86. The molecule has 26 heavy (non-hydrogen) atoms. The van der Waals surface area contributed by atoms with Crippen LogP contribution in [0.3, 0.4) is 0 Å². The van der Waals surface area contributed by atoms with E-state index < -0.39 is 5.97 Å². The Balaban J connectivity index is 1.78. The first-order valence-electron chi connectivity index (χ1n) is 7.67. The van der Waals surface area contributed by atoms with Gasteiger partial charge in [-0.2, -0.15) is 0 Å². The van der Waals surface area contributed by atoms with Crippen molar-refractivity contribution in [2.45, 2.75) is 13.5 Å². The molecule has 1 aromatic heterocycles. The van der Waals surface area contributed by atoms with Crippen molar-refractivity contribution in [1.82, 2.24) is 15.0 Å². The van der Waals surface area contributed by atoms with E-state index in [0.717, 1.165) is 5.56 Å². The average molecular weight is 392 g/mol. The quantitative estimate of drug-likeness (QED) is 0.608. The molecule has 0 bridgehead atoms. The van der Waals surface area contributed by atoms with Gasteiger partial charge >= 0.3 is 5.97 Å². The lowest BCUT2D eigenvalue weighted by Crippen LogP contribution is -2.08. The summed E-state index contributed by atoms with van der Waals surface area (Å²) >= 11 is 12.1. The Morgan fingerprint density at radius 1 is 1.19 bits per heavy atom. The predicted molar refractivity (Wildman–Crippen MR) is 98.2 cm³/mol. The molecule has 0 N–H and O–H groups in total. The van der Waals surface area contributed by atoms with Crippen molar-refractivity contribution in [2.24, 2.45) is 0 Å². The van der Waals surface area contributed by atoms with Gasteiger partial charge in [0.1, 0.15) is 12.4 Å². The van der Waals surface area contributed by atoms with Crippen LogP contribution < -0.4 is 4.74 Å². The van der Waals surface area contributed by atoms with Crippen LogP contribution in [0.2, 0.25) is 10.0 Å². The second-order valence-corrected chi connectivity index (χ2v) is 6.30. The third-order valence-electron chi connectivity index (χ3n) is 3.73. The van der Waals surface area contributed by atoms with Crippen molar-refractivity contribution < 1.29 is 14.3 Å². The van der Waals surface area contributed by atoms with E-state index in [4.69, 9.17) is 32.7 Å². The second-order valence-electron chi connectivity index (χ2n) is 5.46. The van der Waals surface area contributed by atoms with Gasteiger partial charge in [-0.05, 0) is 42.8 Å². The Labute approximate surface area is 160 Å². The van der Waals surface area contributed by atoms with Gasteiger partial charge in [-0.25, -0.2) is 9.48 Å². The lowest BCUT2D eigenvalue weighted by Gasteiger charge is -2.07. The Bertz CT molecular complexity index is 957. The maximum absolute atomic E-state index is 12.3. The molecule has 0 saturated carbocycles. The molecule has 1 heterocycles. The van der Waals surface area contributed by atoms with E-state index in [2.05, 4.69) is 10.3 Å². The van der Waals surface area contributed by atoms with Crippen molar-refractivity contribution >= 4 is 29.2 Å². The number of aromatic nitrogens is 3. The summed E-state index contributed by atoms with van der Waals surface area (Å²) in [6, 6.07) is 12.3. The zero-order chi connectivity index (χ0) is 18.7. The Morgan fingerprint density at radius 3 is 2.69 bits per heavy atom. The first-order chi connectivity index (χ1) is 12.5. The smallest absolute Gasteiger partial charge is 0.361 e. The van der Waals surface area contributed by atoms with E-state index in [1.807, 2.05) is 6.07 Å².